The summed E-state index contributed by atoms with van der Waals surface area (Å²) < 4.78 is 0. The van der Waals surface area contributed by atoms with Gasteiger partial charge in [-0.2, -0.15) is 0 Å². The summed E-state index contributed by atoms with van der Waals surface area (Å²) in [6, 6.07) is 2.25. The standard InChI is InChI=1S/C9H13NS.ClH/c10-6-7-2-1-3-9-8(7)4-5-11-9;/h4-5,7H,1-3,6,10H2;1H. The first-order valence-electron chi connectivity index (χ1n) is 4.18. The number of aryl methyl sites for hydroxylation is 1. The second-order valence-electron chi connectivity index (χ2n) is 3.12. The van der Waals surface area contributed by atoms with Crippen LogP contribution in [0.1, 0.15) is 29.2 Å². The van der Waals surface area contributed by atoms with Crippen molar-refractivity contribution in [1.82, 2.24) is 0 Å². The van der Waals surface area contributed by atoms with Crippen LogP contribution >= 0.6 is 23.7 Å². The van der Waals surface area contributed by atoms with Crippen LogP contribution in [-0.4, -0.2) is 6.54 Å². The molecule has 1 nitrogen and oxygen atoms in total. The van der Waals surface area contributed by atoms with E-state index in [4.69, 9.17) is 5.73 Å². The number of rotatable bonds is 1. The summed E-state index contributed by atoms with van der Waals surface area (Å²) in [6.45, 7) is 0.823. The molecule has 1 atom stereocenters. The zero-order chi connectivity index (χ0) is 7.68. The molecule has 68 valence electrons. The molecule has 1 aliphatic rings. The molecule has 0 radical (unpaired) electrons. The van der Waals surface area contributed by atoms with Crippen LogP contribution in [0.4, 0.5) is 0 Å². The molecule has 12 heavy (non-hydrogen) atoms. The smallest absolute Gasteiger partial charge is 0.00805 e. The second-order valence-corrected chi connectivity index (χ2v) is 4.12. The third-order valence-electron chi connectivity index (χ3n) is 2.46. The summed E-state index contributed by atoms with van der Waals surface area (Å²) in [7, 11) is 0. The van der Waals surface area contributed by atoms with Gasteiger partial charge in [-0.05, 0) is 48.7 Å². The number of nitrogens with two attached hydrogens (primary N) is 1. The van der Waals surface area contributed by atoms with Crippen molar-refractivity contribution in [3.63, 3.8) is 0 Å². The van der Waals surface area contributed by atoms with Gasteiger partial charge >= 0.3 is 0 Å². The lowest BCUT2D eigenvalue weighted by Crippen LogP contribution is -2.16. The van der Waals surface area contributed by atoms with Crippen LogP contribution in [0.3, 0.4) is 0 Å². The van der Waals surface area contributed by atoms with Crippen molar-refractivity contribution in [2.24, 2.45) is 5.73 Å². The Morgan fingerprint density at radius 3 is 3.17 bits per heavy atom. The monoisotopic (exact) mass is 203 g/mol. The number of hydrogen-bond donors (Lipinski definition) is 1. The molecule has 0 aliphatic heterocycles. The van der Waals surface area contributed by atoms with Gasteiger partial charge in [-0.25, -0.2) is 0 Å². The molecule has 0 saturated heterocycles. The fourth-order valence-electron chi connectivity index (χ4n) is 1.83. The predicted molar refractivity (Wildman–Crippen MR) is 56.3 cm³/mol. The molecule has 0 fully saturated rings. The van der Waals surface area contributed by atoms with E-state index in [1.807, 2.05) is 11.3 Å². The highest BCUT2D eigenvalue weighted by Crippen LogP contribution is 2.33. The Morgan fingerprint density at radius 2 is 2.42 bits per heavy atom. The largest absolute Gasteiger partial charge is 0.330 e. The average Bonchev–Trinajstić information content (AvgIpc) is 2.50. The maximum Gasteiger partial charge on any atom is 0.00805 e. The van der Waals surface area contributed by atoms with Crippen LogP contribution in [-0.2, 0) is 6.42 Å². The van der Waals surface area contributed by atoms with Gasteiger partial charge in [0.05, 0.1) is 0 Å². The Balaban J connectivity index is 0.000000720. The zero-order valence-corrected chi connectivity index (χ0v) is 8.59. The topological polar surface area (TPSA) is 26.0 Å². The molecule has 0 bridgehead atoms. The van der Waals surface area contributed by atoms with E-state index >= 15 is 0 Å². The van der Waals surface area contributed by atoms with Crippen molar-refractivity contribution in [1.29, 1.82) is 0 Å². The highest BCUT2D eigenvalue weighted by atomic mass is 35.5. The van der Waals surface area contributed by atoms with Gasteiger partial charge < -0.3 is 5.73 Å². The minimum absolute atomic E-state index is 0. The van der Waals surface area contributed by atoms with Gasteiger partial charge in [0, 0.05) is 4.88 Å². The van der Waals surface area contributed by atoms with Crippen LogP contribution in [0, 0.1) is 0 Å². The summed E-state index contributed by atoms with van der Waals surface area (Å²) in [5.74, 6) is 0.657. The van der Waals surface area contributed by atoms with Gasteiger partial charge in [-0.1, -0.05) is 0 Å². The molecule has 1 unspecified atom stereocenters. The van der Waals surface area contributed by atoms with Crippen molar-refractivity contribution in [3.05, 3.63) is 21.9 Å². The molecular formula is C9H14ClNS. The molecule has 0 amide bonds. The predicted octanol–water partition coefficient (Wildman–Crippen LogP) is 2.55. The van der Waals surface area contributed by atoms with Gasteiger partial charge in [-0.3, -0.25) is 0 Å². The van der Waals surface area contributed by atoms with Crippen LogP contribution in [0.25, 0.3) is 0 Å². The van der Waals surface area contributed by atoms with E-state index in [0.717, 1.165) is 6.54 Å². The van der Waals surface area contributed by atoms with E-state index < -0.39 is 0 Å². The summed E-state index contributed by atoms with van der Waals surface area (Å²) in [6.07, 6.45) is 3.90. The van der Waals surface area contributed by atoms with Crippen molar-refractivity contribution in [2.45, 2.75) is 25.2 Å². The van der Waals surface area contributed by atoms with Gasteiger partial charge in [-0.15, -0.1) is 23.7 Å². The third-order valence-corrected chi connectivity index (χ3v) is 3.46. The van der Waals surface area contributed by atoms with E-state index in [1.165, 1.54) is 24.8 Å². The second kappa shape index (κ2) is 4.26. The molecule has 1 aliphatic carbocycles. The lowest BCUT2D eigenvalue weighted by atomic mass is 9.88. The Bertz CT molecular complexity index is 246. The van der Waals surface area contributed by atoms with Crippen LogP contribution in [0.2, 0.25) is 0 Å². The summed E-state index contributed by atoms with van der Waals surface area (Å²) in [5, 5.41) is 2.19. The van der Waals surface area contributed by atoms with E-state index in [2.05, 4.69) is 11.4 Å². The summed E-state index contributed by atoms with van der Waals surface area (Å²) in [5.41, 5.74) is 7.21. The Hall–Kier alpha value is -0.0500. The normalized spacial score (nSPS) is 21.2. The molecule has 2 rings (SSSR count). The van der Waals surface area contributed by atoms with Crippen LogP contribution < -0.4 is 5.73 Å². The quantitative estimate of drug-likeness (QED) is 0.746. The lowest BCUT2D eigenvalue weighted by Gasteiger charge is -2.20. The fourth-order valence-corrected chi connectivity index (χ4v) is 2.84. The molecule has 1 heterocycles. The first kappa shape index (κ1) is 10.0. The maximum atomic E-state index is 5.68. The maximum absolute atomic E-state index is 5.68. The number of hydrogen-bond acceptors (Lipinski definition) is 2. The minimum Gasteiger partial charge on any atom is -0.330 e. The molecule has 1 aromatic heterocycles. The molecular weight excluding hydrogens is 190 g/mol. The summed E-state index contributed by atoms with van der Waals surface area (Å²) >= 11 is 1.89. The van der Waals surface area contributed by atoms with E-state index in [1.54, 1.807) is 4.88 Å². The Morgan fingerprint density at radius 1 is 1.58 bits per heavy atom. The SMILES string of the molecule is Cl.NCC1CCCc2sccc21. The first-order valence-corrected chi connectivity index (χ1v) is 5.06. The van der Waals surface area contributed by atoms with Crippen molar-refractivity contribution in [2.75, 3.05) is 6.54 Å². The lowest BCUT2D eigenvalue weighted by molar-refractivity contribution is 0.567. The van der Waals surface area contributed by atoms with E-state index in [9.17, 15) is 0 Å². The number of fused-ring (bicyclic) bond motifs is 1. The van der Waals surface area contributed by atoms with Gasteiger partial charge in [0.15, 0.2) is 0 Å². The first-order chi connectivity index (χ1) is 5.42. The molecule has 0 aromatic carbocycles. The van der Waals surface area contributed by atoms with Gasteiger partial charge in [0.25, 0.3) is 0 Å². The van der Waals surface area contributed by atoms with Crippen molar-refractivity contribution >= 4 is 23.7 Å². The minimum atomic E-state index is 0. The van der Waals surface area contributed by atoms with Gasteiger partial charge in [0.2, 0.25) is 0 Å². The van der Waals surface area contributed by atoms with E-state index in [-0.39, 0.29) is 12.4 Å². The zero-order valence-electron chi connectivity index (χ0n) is 6.95. The molecule has 0 spiro atoms. The molecule has 2 N–H and O–H groups in total. The fraction of sp³-hybridized carbons (Fsp3) is 0.556. The van der Waals surface area contributed by atoms with Crippen LogP contribution in [0.5, 0.6) is 0 Å². The molecule has 3 heteroatoms. The average molecular weight is 204 g/mol. The van der Waals surface area contributed by atoms with Crippen molar-refractivity contribution < 1.29 is 0 Å². The molecule has 0 saturated carbocycles. The number of thiophene rings is 1. The summed E-state index contributed by atoms with van der Waals surface area (Å²) in [4.78, 5) is 1.58. The van der Waals surface area contributed by atoms with E-state index in [0.29, 0.717) is 5.92 Å². The molecule has 1 aromatic rings. The van der Waals surface area contributed by atoms with Gasteiger partial charge in [0.1, 0.15) is 0 Å². The third kappa shape index (κ3) is 1.65. The highest BCUT2D eigenvalue weighted by Gasteiger charge is 2.19. The highest BCUT2D eigenvalue weighted by molar-refractivity contribution is 7.10. The number of halogens is 1. The van der Waals surface area contributed by atoms with Crippen molar-refractivity contribution in [3.8, 4) is 0 Å². The Kier molecular flexibility index (Phi) is 3.56. The Labute approximate surface area is 83.4 Å². The van der Waals surface area contributed by atoms with Crippen LogP contribution in [0.15, 0.2) is 11.4 Å².